The summed E-state index contributed by atoms with van der Waals surface area (Å²) in [5.41, 5.74) is 11.7. The van der Waals surface area contributed by atoms with Crippen molar-refractivity contribution in [1.82, 2.24) is 15.0 Å². The van der Waals surface area contributed by atoms with Gasteiger partial charge in [-0.3, -0.25) is 0 Å². The summed E-state index contributed by atoms with van der Waals surface area (Å²) in [6.07, 6.45) is 18.4. The second kappa shape index (κ2) is 24.9. The summed E-state index contributed by atoms with van der Waals surface area (Å²) in [6, 6.07) is 48.3. The van der Waals surface area contributed by atoms with Gasteiger partial charge < -0.3 is 15.0 Å². The van der Waals surface area contributed by atoms with Crippen LogP contribution in [0.1, 0.15) is 86.8 Å². The van der Waals surface area contributed by atoms with Gasteiger partial charge in [0.15, 0.2) is 0 Å². The monoisotopic (exact) mass is 933 g/mol. The Morgan fingerprint density at radius 2 is 1.11 bits per heavy atom. The Morgan fingerprint density at radius 3 is 1.61 bits per heavy atom. The molecule has 288 valence electrons. The number of hydrogen-bond acceptors (Lipinski definition) is 4. The van der Waals surface area contributed by atoms with Crippen LogP contribution in [0.5, 0.6) is 0 Å². The van der Waals surface area contributed by atoms with Crippen LogP contribution in [0.2, 0.25) is 0 Å². The van der Waals surface area contributed by atoms with E-state index in [4.69, 9.17) is 4.98 Å². The molecule has 4 heterocycles. The van der Waals surface area contributed by atoms with Gasteiger partial charge in [-0.25, -0.2) is 0 Å². The number of hydrogen-bond donors (Lipinski definition) is 0. The van der Waals surface area contributed by atoms with Gasteiger partial charge in [-0.15, -0.1) is 118 Å². The molecule has 7 aromatic rings. The van der Waals surface area contributed by atoms with Crippen molar-refractivity contribution in [3.63, 3.8) is 0 Å². The zero-order valence-electron chi connectivity index (χ0n) is 33.4. The molecule has 4 aromatic heterocycles. The standard InChI is InChI=1S/C29H38NS.2C11H8N.Ir/c1-5-7-9-11-13-24-20-25(16-15-22(24)3)28-18-17-27(21-30-28)29-26(19-23(4)31-29)14-12-10-8-6-2;2*1-2-6-10(7-3-1)11-8-4-5-9-12-11;/h15,17-21H,5-14H2,1-4H3;2*1-6,8-9H;/q3*-1;+3. The summed E-state index contributed by atoms with van der Waals surface area (Å²) in [5, 5.41) is 0. The Balaban J connectivity index is 0.000000225. The Kier molecular flexibility index (Phi) is 19.6. The minimum atomic E-state index is 0. The van der Waals surface area contributed by atoms with E-state index in [0.717, 1.165) is 40.2 Å². The van der Waals surface area contributed by atoms with Crippen molar-refractivity contribution in [3.8, 4) is 44.2 Å². The Bertz CT molecular complexity index is 1930. The van der Waals surface area contributed by atoms with Crippen molar-refractivity contribution in [2.75, 3.05) is 0 Å². The van der Waals surface area contributed by atoms with E-state index in [1.807, 2.05) is 96.3 Å². The summed E-state index contributed by atoms with van der Waals surface area (Å²) in [7, 11) is 0. The number of nitrogens with zero attached hydrogens (tertiary/aromatic N) is 3. The number of unbranched alkanes of at least 4 members (excludes halogenated alkanes) is 6. The molecule has 3 aromatic carbocycles. The average molecular weight is 933 g/mol. The molecule has 0 fully saturated rings. The van der Waals surface area contributed by atoms with E-state index in [9.17, 15) is 0 Å². The van der Waals surface area contributed by atoms with Gasteiger partial charge in [-0.2, -0.15) is 0 Å². The van der Waals surface area contributed by atoms with Gasteiger partial charge in [0.05, 0.1) is 0 Å². The second-order valence-electron chi connectivity index (χ2n) is 13.8. The van der Waals surface area contributed by atoms with Crippen molar-refractivity contribution >= 4 is 11.3 Å². The number of thiophene rings is 1. The topological polar surface area (TPSA) is 38.7 Å². The zero-order chi connectivity index (χ0) is 38.5. The molecule has 0 N–H and O–H groups in total. The van der Waals surface area contributed by atoms with E-state index in [-0.39, 0.29) is 20.1 Å². The van der Waals surface area contributed by atoms with Crippen LogP contribution >= 0.6 is 11.3 Å². The van der Waals surface area contributed by atoms with Crippen molar-refractivity contribution in [2.45, 2.75) is 91.9 Å². The number of benzene rings is 3. The van der Waals surface area contributed by atoms with Crippen LogP contribution in [0.15, 0.2) is 134 Å². The van der Waals surface area contributed by atoms with Crippen LogP contribution in [0, 0.1) is 32.0 Å². The van der Waals surface area contributed by atoms with Crippen molar-refractivity contribution in [3.05, 3.63) is 174 Å². The Labute approximate surface area is 354 Å². The Morgan fingerprint density at radius 1 is 0.536 bits per heavy atom. The first kappa shape index (κ1) is 44.2. The molecule has 0 spiro atoms. The zero-order valence-corrected chi connectivity index (χ0v) is 36.6. The maximum absolute atomic E-state index is 4.84. The smallest absolute Gasteiger partial charge is 0.305 e. The molecule has 3 nitrogen and oxygen atoms in total. The molecule has 0 aliphatic rings. The van der Waals surface area contributed by atoms with Gasteiger partial charge in [0.2, 0.25) is 0 Å². The summed E-state index contributed by atoms with van der Waals surface area (Å²) in [5.74, 6) is 0. The number of pyridine rings is 3. The maximum Gasteiger partial charge on any atom is 3.00 e. The third kappa shape index (κ3) is 14.2. The van der Waals surface area contributed by atoms with E-state index in [0.29, 0.717) is 0 Å². The van der Waals surface area contributed by atoms with Gasteiger partial charge in [0.25, 0.3) is 0 Å². The van der Waals surface area contributed by atoms with Crippen LogP contribution in [0.25, 0.3) is 44.2 Å². The molecule has 7 rings (SSSR count). The van der Waals surface area contributed by atoms with Crippen LogP contribution in [-0.2, 0) is 32.9 Å². The summed E-state index contributed by atoms with van der Waals surface area (Å²) >= 11 is 1.90. The molecule has 0 saturated heterocycles. The number of aromatic nitrogens is 3. The predicted octanol–water partition coefficient (Wildman–Crippen LogP) is 14.2. The summed E-state index contributed by atoms with van der Waals surface area (Å²) in [6.45, 7) is 8.96. The number of rotatable bonds is 14. The first-order valence-corrected chi connectivity index (χ1v) is 20.7. The SMILES string of the molecule is CCCCCCc1cc(-c2ccc(-c3sc(C)cc3CCCCCC)cn2)[c-]cc1C.[Ir+3].[c-]1ccccc1-c1ccccn1.[c-]1ccccc1-c1ccccn1. The third-order valence-corrected chi connectivity index (χ3v) is 10.5. The van der Waals surface area contributed by atoms with Crippen LogP contribution < -0.4 is 0 Å². The third-order valence-electron chi connectivity index (χ3n) is 9.40. The molecule has 0 saturated carbocycles. The van der Waals surface area contributed by atoms with E-state index in [1.165, 1.54) is 89.8 Å². The van der Waals surface area contributed by atoms with E-state index < -0.39 is 0 Å². The fourth-order valence-electron chi connectivity index (χ4n) is 6.34. The molecule has 5 heteroatoms. The largest absolute Gasteiger partial charge is 3.00 e. The maximum atomic E-state index is 4.84. The fraction of sp³-hybridized carbons (Fsp3) is 0.275. The summed E-state index contributed by atoms with van der Waals surface area (Å²) in [4.78, 5) is 16.1. The number of aryl methyl sites for hydroxylation is 4. The quantitative estimate of drug-likeness (QED) is 0.0806. The van der Waals surface area contributed by atoms with Crippen LogP contribution in [0.4, 0.5) is 0 Å². The minimum Gasteiger partial charge on any atom is -0.305 e. The molecule has 0 radical (unpaired) electrons. The van der Waals surface area contributed by atoms with Crippen molar-refractivity contribution in [2.24, 2.45) is 0 Å². The second-order valence-corrected chi connectivity index (χ2v) is 15.1. The van der Waals surface area contributed by atoms with Gasteiger partial charge >= 0.3 is 20.1 Å². The van der Waals surface area contributed by atoms with Crippen molar-refractivity contribution in [1.29, 1.82) is 0 Å². The van der Waals surface area contributed by atoms with Gasteiger partial charge in [0, 0.05) is 33.9 Å². The minimum absolute atomic E-state index is 0. The van der Waals surface area contributed by atoms with Gasteiger partial charge in [-0.1, -0.05) is 102 Å². The average Bonchev–Trinajstić information content (AvgIpc) is 3.63. The van der Waals surface area contributed by atoms with E-state index in [2.05, 4.69) is 92.4 Å². The molecule has 0 amide bonds. The van der Waals surface area contributed by atoms with E-state index in [1.54, 1.807) is 12.4 Å². The molecule has 56 heavy (non-hydrogen) atoms. The molecule has 0 bridgehead atoms. The summed E-state index contributed by atoms with van der Waals surface area (Å²) < 4.78 is 0. The van der Waals surface area contributed by atoms with E-state index >= 15 is 0 Å². The van der Waals surface area contributed by atoms with Crippen molar-refractivity contribution < 1.29 is 20.1 Å². The molecular formula is C51H54IrN3S. The molecule has 0 unspecified atom stereocenters. The molecule has 0 atom stereocenters. The molecular weight excluding hydrogens is 879 g/mol. The van der Waals surface area contributed by atoms with Gasteiger partial charge in [0.1, 0.15) is 0 Å². The first-order valence-electron chi connectivity index (χ1n) is 19.9. The predicted molar refractivity (Wildman–Crippen MR) is 234 cm³/mol. The Hall–Kier alpha value is -4.54. The molecule has 0 aliphatic heterocycles. The first-order chi connectivity index (χ1) is 27.1. The molecule has 0 aliphatic carbocycles. The normalized spacial score (nSPS) is 10.4. The fourth-order valence-corrected chi connectivity index (χ4v) is 7.40. The van der Waals surface area contributed by atoms with Crippen LogP contribution in [0.3, 0.4) is 0 Å². The van der Waals surface area contributed by atoms with Gasteiger partial charge in [-0.05, 0) is 67.0 Å². The van der Waals surface area contributed by atoms with Crippen LogP contribution in [-0.4, -0.2) is 15.0 Å².